The van der Waals surface area contributed by atoms with E-state index in [1.807, 2.05) is 24.5 Å². The summed E-state index contributed by atoms with van der Waals surface area (Å²) >= 11 is 1.56. The van der Waals surface area contributed by atoms with Crippen LogP contribution in [0, 0.1) is 0 Å². The molecule has 0 fully saturated rings. The number of carbonyl (C=O) groups is 1. The number of hydrogen-bond acceptors (Lipinski definition) is 3. The van der Waals surface area contributed by atoms with Gasteiger partial charge in [0, 0.05) is 18.3 Å². The molecule has 12 heavy (non-hydrogen) atoms. The van der Waals surface area contributed by atoms with E-state index in [4.69, 9.17) is 0 Å². The van der Waals surface area contributed by atoms with E-state index in [1.54, 1.807) is 18.0 Å². The molecular weight excluding hydrogens is 170 g/mol. The average Bonchev–Trinajstić information content (AvgIpc) is 2.16. The predicted molar refractivity (Wildman–Crippen MR) is 51.3 cm³/mol. The lowest BCUT2D eigenvalue weighted by molar-refractivity contribution is -0.107. The monoisotopic (exact) mass is 181 g/mol. The molecule has 1 aromatic rings. The maximum absolute atomic E-state index is 10.5. The van der Waals surface area contributed by atoms with Crippen LogP contribution in [0.4, 0.5) is 0 Å². The third-order valence-corrected chi connectivity index (χ3v) is 2.47. The highest BCUT2D eigenvalue weighted by atomic mass is 32.2. The normalized spacial score (nSPS) is 12.4. The second kappa shape index (κ2) is 4.93. The Hall–Kier alpha value is -0.830. The molecule has 0 saturated carbocycles. The molecule has 0 bridgehead atoms. The number of hydrogen-bond donors (Lipinski definition) is 0. The Morgan fingerprint density at radius 3 is 3.00 bits per heavy atom. The van der Waals surface area contributed by atoms with Crippen molar-refractivity contribution >= 4 is 18.0 Å². The van der Waals surface area contributed by atoms with Gasteiger partial charge in [0.05, 0.1) is 5.25 Å². The quantitative estimate of drug-likeness (QED) is 0.660. The summed E-state index contributed by atoms with van der Waals surface area (Å²) < 4.78 is 0. The molecule has 1 aromatic heterocycles. The lowest BCUT2D eigenvalue weighted by Crippen LogP contribution is -2.08. The van der Waals surface area contributed by atoms with Crippen molar-refractivity contribution < 1.29 is 4.79 Å². The summed E-state index contributed by atoms with van der Waals surface area (Å²) in [5.41, 5.74) is 0.976. The molecule has 0 spiro atoms. The first-order chi connectivity index (χ1) is 5.86. The fourth-order valence-corrected chi connectivity index (χ4v) is 1.36. The summed E-state index contributed by atoms with van der Waals surface area (Å²) in [7, 11) is 0. The zero-order chi connectivity index (χ0) is 8.81. The molecule has 0 aliphatic heterocycles. The summed E-state index contributed by atoms with van der Waals surface area (Å²) in [6.45, 7) is 0. The fraction of sp³-hybridized carbons (Fsp3) is 0.333. The van der Waals surface area contributed by atoms with Crippen molar-refractivity contribution in [1.29, 1.82) is 0 Å². The van der Waals surface area contributed by atoms with Crippen LogP contribution in [0.5, 0.6) is 0 Å². The molecule has 0 aromatic carbocycles. The Morgan fingerprint density at radius 1 is 1.67 bits per heavy atom. The first-order valence-corrected chi connectivity index (χ1v) is 5.03. The zero-order valence-electron chi connectivity index (χ0n) is 6.93. The van der Waals surface area contributed by atoms with Gasteiger partial charge in [-0.15, -0.1) is 0 Å². The Balaban J connectivity index is 2.56. The highest BCUT2D eigenvalue weighted by Crippen LogP contribution is 2.09. The van der Waals surface area contributed by atoms with Crippen molar-refractivity contribution in [2.45, 2.75) is 11.7 Å². The third kappa shape index (κ3) is 2.66. The molecule has 1 unspecified atom stereocenters. The van der Waals surface area contributed by atoms with Gasteiger partial charge >= 0.3 is 0 Å². The first-order valence-electron chi connectivity index (χ1n) is 3.75. The van der Waals surface area contributed by atoms with Gasteiger partial charge in [0.25, 0.3) is 0 Å². The van der Waals surface area contributed by atoms with Crippen LogP contribution in [-0.4, -0.2) is 22.8 Å². The Bertz CT molecular complexity index is 238. The lowest BCUT2D eigenvalue weighted by atomic mass is 10.2. The van der Waals surface area contributed by atoms with Crippen molar-refractivity contribution in [3.63, 3.8) is 0 Å². The molecular formula is C9H11NOS. The van der Waals surface area contributed by atoms with Crippen molar-refractivity contribution in [1.82, 2.24) is 4.98 Å². The molecule has 0 saturated heterocycles. The Kier molecular flexibility index (Phi) is 3.80. The van der Waals surface area contributed by atoms with Crippen LogP contribution >= 0.6 is 11.8 Å². The minimum atomic E-state index is 0.0416. The van der Waals surface area contributed by atoms with E-state index in [0.29, 0.717) is 0 Å². The zero-order valence-corrected chi connectivity index (χ0v) is 7.75. The van der Waals surface area contributed by atoms with Gasteiger partial charge in [-0.25, -0.2) is 0 Å². The molecule has 1 heterocycles. The summed E-state index contributed by atoms with van der Waals surface area (Å²) in [5.74, 6) is 0. The summed E-state index contributed by atoms with van der Waals surface area (Å²) in [6.07, 6.45) is 5.38. The molecule has 0 N–H and O–H groups in total. The van der Waals surface area contributed by atoms with E-state index >= 15 is 0 Å². The first kappa shape index (κ1) is 9.26. The fourth-order valence-electron chi connectivity index (χ4n) is 0.912. The standard InChI is InChI=1S/C9H11NOS/c1-12-9(7-11)6-8-4-2-3-5-10-8/h2-5,7,9H,6H2,1H3. The van der Waals surface area contributed by atoms with Crippen LogP contribution in [0.3, 0.4) is 0 Å². The van der Waals surface area contributed by atoms with E-state index in [-0.39, 0.29) is 5.25 Å². The minimum Gasteiger partial charge on any atom is -0.302 e. The maximum Gasteiger partial charge on any atom is 0.133 e. The highest BCUT2D eigenvalue weighted by molar-refractivity contribution is 7.99. The topological polar surface area (TPSA) is 30.0 Å². The molecule has 2 nitrogen and oxygen atoms in total. The van der Waals surface area contributed by atoms with Gasteiger partial charge in [-0.3, -0.25) is 4.98 Å². The average molecular weight is 181 g/mol. The SMILES string of the molecule is CSC(C=O)Cc1ccccn1. The summed E-state index contributed by atoms with van der Waals surface area (Å²) in [5, 5.41) is 0.0416. The van der Waals surface area contributed by atoms with Crippen LogP contribution < -0.4 is 0 Å². The molecule has 0 radical (unpaired) electrons. The second-order valence-corrected chi connectivity index (χ2v) is 3.51. The van der Waals surface area contributed by atoms with Gasteiger partial charge in [-0.05, 0) is 18.4 Å². The van der Waals surface area contributed by atoms with E-state index < -0.39 is 0 Å². The van der Waals surface area contributed by atoms with Crippen LogP contribution in [0.25, 0.3) is 0 Å². The van der Waals surface area contributed by atoms with Gasteiger partial charge in [0.1, 0.15) is 6.29 Å². The van der Waals surface area contributed by atoms with E-state index in [9.17, 15) is 4.79 Å². The van der Waals surface area contributed by atoms with Crippen molar-refractivity contribution in [2.75, 3.05) is 6.26 Å². The summed E-state index contributed by atoms with van der Waals surface area (Å²) in [4.78, 5) is 14.6. The Morgan fingerprint density at radius 2 is 2.50 bits per heavy atom. The van der Waals surface area contributed by atoms with Crippen LogP contribution in [0.15, 0.2) is 24.4 Å². The van der Waals surface area contributed by atoms with E-state index in [2.05, 4.69) is 4.98 Å². The number of rotatable bonds is 4. The summed E-state index contributed by atoms with van der Waals surface area (Å²) in [6, 6.07) is 5.75. The number of aldehydes is 1. The molecule has 0 amide bonds. The molecule has 0 aliphatic rings. The van der Waals surface area contributed by atoms with Crippen molar-refractivity contribution in [2.24, 2.45) is 0 Å². The van der Waals surface area contributed by atoms with Crippen LogP contribution in [0.2, 0.25) is 0 Å². The third-order valence-electron chi connectivity index (χ3n) is 1.59. The number of nitrogens with zero attached hydrogens (tertiary/aromatic N) is 1. The number of thioether (sulfide) groups is 1. The maximum atomic E-state index is 10.5. The smallest absolute Gasteiger partial charge is 0.133 e. The molecule has 0 aliphatic carbocycles. The van der Waals surface area contributed by atoms with Gasteiger partial charge < -0.3 is 4.79 Å². The van der Waals surface area contributed by atoms with Crippen molar-refractivity contribution in [3.8, 4) is 0 Å². The molecule has 1 atom stereocenters. The number of carbonyl (C=O) groups excluding carboxylic acids is 1. The molecule has 1 rings (SSSR count). The largest absolute Gasteiger partial charge is 0.302 e. The van der Waals surface area contributed by atoms with Crippen LogP contribution in [0.1, 0.15) is 5.69 Å². The minimum absolute atomic E-state index is 0.0416. The van der Waals surface area contributed by atoms with Gasteiger partial charge in [0.15, 0.2) is 0 Å². The van der Waals surface area contributed by atoms with E-state index in [0.717, 1.165) is 18.4 Å². The van der Waals surface area contributed by atoms with Crippen LogP contribution in [-0.2, 0) is 11.2 Å². The van der Waals surface area contributed by atoms with Gasteiger partial charge in [0.2, 0.25) is 0 Å². The van der Waals surface area contributed by atoms with E-state index in [1.165, 1.54) is 0 Å². The molecule has 64 valence electrons. The van der Waals surface area contributed by atoms with Gasteiger partial charge in [-0.2, -0.15) is 11.8 Å². The molecule has 3 heteroatoms. The van der Waals surface area contributed by atoms with Crippen molar-refractivity contribution in [3.05, 3.63) is 30.1 Å². The van der Waals surface area contributed by atoms with Gasteiger partial charge in [-0.1, -0.05) is 6.07 Å². The lowest BCUT2D eigenvalue weighted by Gasteiger charge is -2.04. The number of aromatic nitrogens is 1. The highest BCUT2D eigenvalue weighted by Gasteiger charge is 2.05. The second-order valence-electron chi connectivity index (χ2n) is 2.44. The number of pyridine rings is 1. The predicted octanol–water partition coefficient (Wildman–Crippen LogP) is 1.55. The Labute approximate surface area is 76.4 Å².